The molecule has 0 atom stereocenters. The van der Waals surface area contributed by atoms with Gasteiger partial charge in [-0.05, 0) is 47.8 Å². The number of rotatable bonds is 17. The van der Waals surface area contributed by atoms with E-state index in [4.69, 9.17) is 9.47 Å². The van der Waals surface area contributed by atoms with E-state index in [-0.39, 0.29) is 0 Å². The molecule has 1 rings (SSSR count). The quantitative estimate of drug-likeness (QED) is 0.142. The Kier molecular flexibility index (Phi) is 15.6. The number of benzene rings is 1. The second-order valence-corrected chi connectivity index (χ2v) is 7.80. The fraction of sp³-hybridized carbons (Fsp3) is 0.727. The molecule has 0 radical (unpaired) electrons. The third-order valence-electron chi connectivity index (χ3n) is 4.41. The fourth-order valence-electron chi connectivity index (χ4n) is 2.83. The summed E-state index contributed by atoms with van der Waals surface area (Å²) in [5.74, 6) is 0.956. The summed E-state index contributed by atoms with van der Waals surface area (Å²) in [6.07, 6.45) is 14.4. The molecular weight excluding hydrogens is 423 g/mol. The average molecular weight is 460 g/mol. The van der Waals surface area contributed by atoms with Gasteiger partial charge < -0.3 is 9.47 Å². The van der Waals surface area contributed by atoms with E-state index >= 15 is 0 Å². The van der Waals surface area contributed by atoms with E-state index in [1.807, 2.05) is 0 Å². The third-order valence-corrected chi connectivity index (χ3v) is 5.17. The van der Waals surface area contributed by atoms with Gasteiger partial charge in [0.15, 0.2) is 0 Å². The highest BCUT2D eigenvalue weighted by Gasteiger charge is 1.97. The molecular formula is C22H37IO2. The normalized spacial score (nSPS) is 11.0. The van der Waals surface area contributed by atoms with E-state index < -0.39 is 0 Å². The zero-order valence-electron chi connectivity index (χ0n) is 16.1. The summed E-state index contributed by atoms with van der Waals surface area (Å²) in [5.41, 5.74) is 1.42. The van der Waals surface area contributed by atoms with Crippen LogP contribution in [0.4, 0.5) is 0 Å². The molecule has 0 amide bonds. The lowest BCUT2D eigenvalue weighted by atomic mass is 10.0. The molecule has 0 saturated heterocycles. The third kappa shape index (κ3) is 13.6. The maximum absolute atomic E-state index is 5.75. The Balaban J connectivity index is 1.99. The van der Waals surface area contributed by atoms with Gasteiger partial charge in [0.25, 0.3) is 0 Å². The first-order valence-corrected chi connectivity index (χ1v) is 11.7. The second-order valence-electron chi connectivity index (χ2n) is 6.73. The van der Waals surface area contributed by atoms with E-state index in [1.54, 1.807) is 0 Å². The van der Waals surface area contributed by atoms with Crippen molar-refractivity contribution in [1.29, 1.82) is 0 Å². The number of ether oxygens (including phenoxy) is 2. The lowest BCUT2D eigenvalue weighted by Gasteiger charge is -2.08. The smallest absolute Gasteiger partial charge is 0.119 e. The van der Waals surface area contributed by atoms with Crippen LogP contribution in [0.3, 0.4) is 0 Å². The number of alkyl halides is 1. The Bertz CT molecular complexity index is 392. The molecule has 0 unspecified atom stereocenters. The van der Waals surface area contributed by atoms with Crippen molar-refractivity contribution >= 4 is 22.6 Å². The zero-order valence-corrected chi connectivity index (χ0v) is 18.3. The summed E-state index contributed by atoms with van der Waals surface area (Å²) in [5, 5.41) is 0. The van der Waals surface area contributed by atoms with Crippen molar-refractivity contribution in [2.75, 3.05) is 24.2 Å². The van der Waals surface area contributed by atoms with Crippen LogP contribution in [0.2, 0.25) is 0 Å². The number of hydrogen-bond acceptors (Lipinski definition) is 2. The van der Waals surface area contributed by atoms with E-state index in [9.17, 15) is 0 Å². The van der Waals surface area contributed by atoms with Gasteiger partial charge >= 0.3 is 0 Å². The molecule has 144 valence electrons. The molecule has 0 spiro atoms. The summed E-state index contributed by atoms with van der Waals surface area (Å²) < 4.78 is 12.6. The Labute approximate surface area is 169 Å². The standard InChI is InChI=1S/C22H37IO2/c1-2-3-4-5-6-9-12-21-13-15-22(16-14-21)25-20-19-24-18-11-8-7-10-17-23/h13-16H,2-12,17-20H2,1H3. The van der Waals surface area contributed by atoms with Crippen molar-refractivity contribution in [1.82, 2.24) is 0 Å². The van der Waals surface area contributed by atoms with Gasteiger partial charge in [0, 0.05) is 6.61 Å². The molecule has 0 saturated carbocycles. The maximum Gasteiger partial charge on any atom is 0.119 e. The molecule has 3 heteroatoms. The fourth-order valence-corrected chi connectivity index (χ4v) is 3.37. The van der Waals surface area contributed by atoms with Crippen LogP contribution in [0.1, 0.15) is 76.7 Å². The van der Waals surface area contributed by atoms with Crippen molar-refractivity contribution in [2.45, 2.75) is 77.6 Å². The summed E-state index contributed by atoms with van der Waals surface area (Å²) in [7, 11) is 0. The molecule has 1 aromatic rings. The minimum atomic E-state index is 0.643. The SMILES string of the molecule is CCCCCCCCc1ccc(OCCOCCCCCCI)cc1. The van der Waals surface area contributed by atoms with E-state index in [0.29, 0.717) is 13.2 Å². The first-order chi connectivity index (χ1) is 12.4. The minimum absolute atomic E-state index is 0.643. The Morgan fingerprint density at radius 1 is 0.720 bits per heavy atom. The monoisotopic (exact) mass is 460 g/mol. The highest BCUT2D eigenvalue weighted by molar-refractivity contribution is 14.1. The van der Waals surface area contributed by atoms with Crippen LogP contribution in [0.5, 0.6) is 5.75 Å². The number of aryl methyl sites for hydroxylation is 1. The maximum atomic E-state index is 5.75. The summed E-state index contributed by atoms with van der Waals surface area (Å²) in [4.78, 5) is 0. The largest absolute Gasteiger partial charge is 0.491 e. The van der Waals surface area contributed by atoms with Crippen LogP contribution in [-0.2, 0) is 11.2 Å². The van der Waals surface area contributed by atoms with E-state index in [0.717, 1.165) is 12.4 Å². The van der Waals surface area contributed by atoms with Gasteiger partial charge in [-0.25, -0.2) is 0 Å². The molecule has 0 aliphatic rings. The van der Waals surface area contributed by atoms with Crippen LogP contribution < -0.4 is 4.74 Å². The van der Waals surface area contributed by atoms with E-state index in [1.165, 1.54) is 80.6 Å². The second kappa shape index (κ2) is 17.1. The number of unbranched alkanes of at least 4 members (excludes halogenated alkanes) is 8. The van der Waals surface area contributed by atoms with Crippen molar-refractivity contribution in [3.8, 4) is 5.75 Å². The van der Waals surface area contributed by atoms with Gasteiger partial charge in [-0.15, -0.1) is 0 Å². The Morgan fingerprint density at radius 2 is 1.40 bits per heavy atom. The van der Waals surface area contributed by atoms with Gasteiger partial charge in [0.1, 0.15) is 12.4 Å². The molecule has 0 N–H and O–H groups in total. The van der Waals surface area contributed by atoms with Crippen LogP contribution in [0.15, 0.2) is 24.3 Å². The molecule has 1 aromatic carbocycles. The highest BCUT2D eigenvalue weighted by Crippen LogP contribution is 2.15. The Morgan fingerprint density at radius 3 is 2.16 bits per heavy atom. The van der Waals surface area contributed by atoms with Gasteiger partial charge in [-0.3, -0.25) is 0 Å². The highest BCUT2D eigenvalue weighted by atomic mass is 127. The zero-order chi connectivity index (χ0) is 18.0. The molecule has 2 nitrogen and oxygen atoms in total. The van der Waals surface area contributed by atoms with Gasteiger partial charge in [-0.1, -0.05) is 86.6 Å². The van der Waals surface area contributed by atoms with Crippen LogP contribution in [0, 0.1) is 0 Å². The number of hydrogen-bond donors (Lipinski definition) is 0. The average Bonchev–Trinajstić information content (AvgIpc) is 2.64. The molecule has 0 fully saturated rings. The first-order valence-electron chi connectivity index (χ1n) is 10.2. The minimum Gasteiger partial charge on any atom is -0.491 e. The lowest BCUT2D eigenvalue weighted by Crippen LogP contribution is -2.07. The topological polar surface area (TPSA) is 18.5 Å². The van der Waals surface area contributed by atoms with Crippen LogP contribution >= 0.6 is 22.6 Å². The number of halogens is 1. The molecule has 0 aliphatic carbocycles. The summed E-state index contributed by atoms with van der Waals surface area (Å²) in [6, 6.07) is 8.59. The van der Waals surface area contributed by atoms with Crippen molar-refractivity contribution in [3.05, 3.63) is 29.8 Å². The van der Waals surface area contributed by atoms with Gasteiger partial charge in [0.05, 0.1) is 6.61 Å². The summed E-state index contributed by atoms with van der Waals surface area (Å²) >= 11 is 2.44. The molecule has 0 heterocycles. The lowest BCUT2D eigenvalue weighted by molar-refractivity contribution is 0.0971. The summed E-state index contributed by atoms with van der Waals surface area (Å²) in [6.45, 7) is 4.46. The Hall–Kier alpha value is -0.290. The van der Waals surface area contributed by atoms with E-state index in [2.05, 4.69) is 53.8 Å². The molecule has 25 heavy (non-hydrogen) atoms. The molecule has 0 aromatic heterocycles. The van der Waals surface area contributed by atoms with Crippen LogP contribution in [0.25, 0.3) is 0 Å². The van der Waals surface area contributed by atoms with Crippen LogP contribution in [-0.4, -0.2) is 24.2 Å². The van der Waals surface area contributed by atoms with Gasteiger partial charge in [0.2, 0.25) is 0 Å². The first kappa shape index (κ1) is 22.8. The van der Waals surface area contributed by atoms with Crippen molar-refractivity contribution in [2.24, 2.45) is 0 Å². The predicted molar refractivity (Wildman–Crippen MR) is 117 cm³/mol. The van der Waals surface area contributed by atoms with Crippen molar-refractivity contribution in [3.63, 3.8) is 0 Å². The molecule has 0 aliphatic heterocycles. The predicted octanol–water partition coefficient (Wildman–Crippen LogP) is 6.98. The van der Waals surface area contributed by atoms with Crippen molar-refractivity contribution < 1.29 is 9.47 Å². The van der Waals surface area contributed by atoms with Gasteiger partial charge in [-0.2, -0.15) is 0 Å². The molecule has 0 bridgehead atoms.